The smallest absolute Gasteiger partial charge is 0.110 e. The van der Waals surface area contributed by atoms with Gasteiger partial charge in [-0.15, -0.1) is 34.0 Å². The first-order chi connectivity index (χ1) is 10.7. The van der Waals surface area contributed by atoms with E-state index in [-0.39, 0.29) is 0 Å². The molecule has 0 aliphatic carbocycles. The van der Waals surface area contributed by atoms with Gasteiger partial charge in [-0.25, -0.2) is 0 Å². The molecule has 0 bridgehead atoms. The van der Waals surface area contributed by atoms with Crippen molar-refractivity contribution in [3.63, 3.8) is 0 Å². The number of halogens is 1. The van der Waals surface area contributed by atoms with Crippen LogP contribution in [0.1, 0.15) is 14.6 Å². The Balaban J connectivity index is 1.92. The SMILES string of the molecule is N#C/C(=C\c1ccc(-c2ccc(Br)s2)s1)c1ccc(C#N)s1. The van der Waals surface area contributed by atoms with Crippen molar-refractivity contribution in [2.24, 2.45) is 0 Å². The van der Waals surface area contributed by atoms with Gasteiger partial charge in [0.25, 0.3) is 0 Å². The van der Waals surface area contributed by atoms with E-state index in [2.05, 4.69) is 40.2 Å². The third-order valence-electron chi connectivity index (χ3n) is 2.83. The lowest BCUT2D eigenvalue weighted by molar-refractivity contribution is 1.52. The second-order valence-corrected chi connectivity index (χ2v) is 8.91. The fourth-order valence-corrected chi connectivity index (χ4v) is 5.05. The van der Waals surface area contributed by atoms with Gasteiger partial charge in [0.15, 0.2) is 0 Å². The van der Waals surface area contributed by atoms with E-state index in [9.17, 15) is 5.26 Å². The van der Waals surface area contributed by atoms with Crippen LogP contribution < -0.4 is 0 Å². The number of nitrogens with zero attached hydrogens (tertiary/aromatic N) is 2. The van der Waals surface area contributed by atoms with Crippen molar-refractivity contribution in [2.45, 2.75) is 0 Å². The van der Waals surface area contributed by atoms with E-state index in [1.807, 2.05) is 24.3 Å². The molecule has 106 valence electrons. The van der Waals surface area contributed by atoms with Crippen molar-refractivity contribution in [1.82, 2.24) is 0 Å². The summed E-state index contributed by atoms with van der Waals surface area (Å²) in [6.45, 7) is 0. The molecule has 0 spiro atoms. The van der Waals surface area contributed by atoms with Crippen LogP contribution in [-0.2, 0) is 0 Å². The molecule has 6 heteroatoms. The largest absolute Gasteiger partial charge is 0.192 e. The molecule has 0 saturated carbocycles. The number of rotatable bonds is 3. The highest BCUT2D eigenvalue weighted by atomic mass is 79.9. The van der Waals surface area contributed by atoms with Crippen LogP contribution in [0.2, 0.25) is 0 Å². The van der Waals surface area contributed by atoms with E-state index in [1.165, 1.54) is 21.1 Å². The minimum atomic E-state index is 0.590. The Bertz CT molecular complexity index is 931. The van der Waals surface area contributed by atoms with Crippen molar-refractivity contribution in [2.75, 3.05) is 0 Å². The van der Waals surface area contributed by atoms with Crippen molar-refractivity contribution in [3.8, 4) is 21.9 Å². The fraction of sp³-hybridized carbons (Fsp3) is 0. The molecule has 0 fully saturated rings. The molecular weight excluding hydrogens is 396 g/mol. The van der Waals surface area contributed by atoms with E-state index >= 15 is 0 Å². The predicted molar refractivity (Wildman–Crippen MR) is 97.9 cm³/mol. The fourth-order valence-electron chi connectivity index (χ4n) is 1.85. The maximum atomic E-state index is 9.36. The summed E-state index contributed by atoms with van der Waals surface area (Å²) in [5.74, 6) is 0. The standard InChI is InChI=1S/C16H7BrN2S3/c17-16-6-5-15(22-16)14-4-1-11(20-14)7-10(8-18)13-3-2-12(9-19)21-13/h1-7H/b10-7+. The first kappa shape index (κ1) is 15.2. The van der Waals surface area contributed by atoms with Crippen molar-refractivity contribution in [3.05, 3.63) is 54.8 Å². The van der Waals surface area contributed by atoms with Gasteiger partial charge in [-0.2, -0.15) is 10.5 Å². The molecule has 0 amide bonds. The van der Waals surface area contributed by atoms with E-state index in [4.69, 9.17) is 5.26 Å². The van der Waals surface area contributed by atoms with Crippen LogP contribution >= 0.6 is 49.9 Å². The van der Waals surface area contributed by atoms with Gasteiger partial charge in [0, 0.05) is 19.5 Å². The van der Waals surface area contributed by atoms with Gasteiger partial charge in [0.1, 0.15) is 17.0 Å². The number of hydrogen-bond donors (Lipinski definition) is 0. The van der Waals surface area contributed by atoms with Crippen molar-refractivity contribution < 1.29 is 0 Å². The van der Waals surface area contributed by atoms with Crippen LogP contribution in [0.25, 0.3) is 21.4 Å². The summed E-state index contributed by atoms with van der Waals surface area (Å²) in [4.78, 5) is 4.86. The quantitative estimate of drug-likeness (QED) is 0.486. The average molecular weight is 403 g/mol. The Morgan fingerprint density at radius 1 is 0.955 bits per heavy atom. The molecule has 0 aromatic carbocycles. The molecule has 0 N–H and O–H groups in total. The molecule has 0 saturated heterocycles. The Morgan fingerprint density at radius 2 is 1.73 bits per heavy atom. The molecule has 2 nitrogen and oxygen atoms in total. The lowest BCUT2D eigenvalue weighted by atomic mass is 10.2. The van der Waals surface area contributed by atoms with Gasteiger partial charge in [-0.3, -0.25) is 0 Å². The van der Waals surface area contributed by atoms with E-state index in [0.29, 0.717) is 10.5 Å². The molecule has 3 aromatic rings. The number of allylic oxidation sites excluding steroid dienone is 1. The summed E-state index contributed by atoms with van der Waals surface area (Å²) < 4.78 is 1.10. The van der Waals surface area contributed by atoms with Crippen LogP contribution in [0.5, 0.6) is 0 Å². The molecular formula is C16H7BrN2S3. The van der Waals surface area contributed by atoms with Crippen LogP contribution in [0, 0.1) is 22.7 Å². The molecule has 0 aliphatic heterocycles. The van der Waals surface area contributed by atoms with Gasteiger partial charge < -0.3 is 0 Å². The van der Waals surface area contributed by atoms with Crippen LogP contribution in [0.3, 0.4) is 0 Å². The second-order valence-electron chi connectivity index (χ2n) is 4.25. The first-order valence-corrected chi connectivity index (χ1v) is 9.41. The Labute approximate surface area is 148 Å². The average Bonchev–Trinajstić information content (AvgIpc) is 3.24. The summed E-state index contributed by atoms with van der Waals surface area (Å²) in [5.41, 5.74) is 0.590. The van der Waals surface area contributed by atoms with Gasteiger partial charge in [0.2, 0.25) is 0 Å². The second kappa shape index (κ2) is 6.60. The zero-order valence-electron chi connectivity index (χ0n) is 11.0. The normalized spacial score (nSPS) is 11.1. The lowest BCUT2D eigenvalue weighted by Crippen LogP contribution is -1.73. The van der Waals surface area contributed by atoms with Gasteiger partial charge in [-0.1, -0.05) is 0 Å². The van der Waals surface area contributed by atoms with E-state index in [1.54, 1.807) is 28.7 Å². The van der Waals surface area contributed by atoms with E-state index < -0.39 is 0 Å². The Morgan fingerprint density at radius 3 is 2.36 bits per heavy atom. The predicted octanol–water partition coefficient (Wildman–Crippen LogP) is 6.24. The zero-order valence-corrected chi connectivity index (χ0v) is 15.1. The molecule has 3 heterocycles. The minimum absolute atomic E-state index is 0.590. The summed E-state index contributed by atoms with van der Waals surface area (Å²) in [7, 11) is 0. The van der Waals surface area contributed by atoms with Crippen molar-refractivity contribution in [1.29, 1.82) is 10.5 Å². The molecule has 0 aliphatic rings. The highest BCUT2D eigenvalue weighted by molar-refractivity contribution is 9.11. The van der Waals surface area contributed by atoms with Crippen LogP contribution in [0.4, 0.5) is 0 Å². The Hall–Kier alpha value is -1.70. The summed E-state index contributed by atoms with van der Waals surface area (Å²) in [5, 5.41) is 18.2. The molecule has 3 rings (SSSR count). The highest BCUT2D eigenvalue weighted by Crippen LogP contribution is 2.37. The van der Waals surface area contributed by atoms with Crippen LogP contribution in [0.15, 0.2) is 40.2 Å². The summed E-state index contributed by atoms with van der Waals surface area (Å²) in [6, 6.07) is 16.1. The highest BCUT2D eigenvalue weighted by Gasteiger charge is 2.08. The molecule has 0 atom stereocenters. The Kier molecular flexibility index (Phi) is 4.56. The molecule has 3 aromatic heterocycles. The monoisotopic (exact) mass is 402 g/mol. The summed E-state index contributed by atoms with van der Waals surface area (Å²) in [6.07, 6.45) is 1.88. The topological polar surface area (TPSA) is 47.6 Å². The molecule has 0 radical (unpaired) electrons. The number of nitriles is 2. The maximum Gasteiger partial charge on any atom is 0.110 e. The molecule has 0 unspecified atom stereocenters. The third kappa shape index (κ3) is 3.21. The third-order valence-corrected chi connectivity index (χ3v) is 6.71. The molecule has 22 heavy (non-hydrogen) atoms. The lowest BCUT2D eigenvalue weighted by Gasteiger charge is -1.92. The maximum absolute atomic E-state index is 9.36. The van der Waals surface area contributed by atoms with Gasteiger partial charge in [-0.05, 0) is 58.4 Å². The zero-order chi connectivity index (χ0) is 15.5. The van der Waals surface area contributed by atoms with E-state index in [0.717, 1.165) is 13.5 Å². The summed E-state index contributed by atoms with van der Waals surface area (Å²) >= 11 is 8.15. The van der Waals surface area contributed by atoms with Crippen molar-refractivity contribution >= 4 is 61.6 Å². The minimum Gasteiger partial charge on any atom is -0.192 e. The van der Waals surface area contributed by atoms with Gasteiger partial charge >= 0.3 is 0 Å². The number of thiophene rings is 3. The number of hydrogen-bond acceptors (Lipinski definition) is 5. The first-order valence-electron chi connectivity index (χ1n) is 6.17. The van der Waals surface area contributed by atoms with Crippen LogP contribution in [-0.4, -0.2) is 0 Å². The van der Waals surface area contributed by atoms with Gasteiger partial charge in [0.05, 0.1) is 9.36 Å².